The SMILES string of the molecule is CC(C)CCSc1nncc2cncn12. The van der Waals surface area contributed by atoms with Crippen LogP contribution in [0.1, 0.15) is 20.3 Å². The second-order valence-electron chi connectivity index (χ2n) is 3.85. The molecule has 0 saturated carbocycles. The van der Waals surface area contributed by atoms with Crippen molar-refractivity contribution in [3.05, 3.63) is 18.7 Å². The van der Waals surface area contributed by atoms with E-state index in [0.29, 0.717) is 0 Å². The van der Waals surface area contributed by atoms with Crippen molar-refractivity contribution < 1.29 is 0 Å². The van der Waals surface area contributed by atoms with E-state index in [2.05, 4.69) is 29.0 Å². The zero-order chi connectivity index (χ0) is 10.7. The van der Waals surface area contributed by atoms with E-state index in [4.69, 9.17) is 0 Å². The molecule has 0 unspecified atom stereocenters. The maximum absolute atomic E-state index is 4.11. The van der Waals surface area contributed by atoms with Gasteiger partial charge in [0.15, 0.2) is 5.16 Å². The zero-order valence-corrected chi connectivity index (χ0v) is 9.74. The highest BCUT2D eigenvalue weighted by Gasteiger charge is 2.03. The van der Waals surface area contributed by atoms with E-state index in [1.54, 1.807) is 30.5 Å². The summed E-state index contributed by atoms with van der Waals surface area (Å²) < 4.78 is 1.97. The van der Waals surface area contributed by atoms with Gasteiger partial charge in [-0.1, -0.05) is 25.6 Å². The molecule has 0 atom stereocenters. The van der Waals surface area contributed by atoms with Crippen molar-refractivity contribution >= 4 is 17.3 Å². The van der Waals surface area contributed by atoms with E-state index in [9.17, 15) is 0 Å². The Labute approximate surface area is 93.1 Å². The summed E-state index contributed by atoms with van der Waals surface area (Å²) in [6.45, 7) is 4.45. The molecule has 0 amide bonds. The second kappa shape index (κ2) is 4.61. The van der Waals surface area contributed by atoms with E-state index in [-0.39, 0.29) is 0 Å². The van der Waals surface area contributed by atoms with Gasteiger partial charge in [0.1, 0.15) is 6.33 Å². The smallest absolute Gasteiger partial charge is 0.195 e. The number of hydrogen-bond donors (Lipinski definition) is 0. The van der Waals surface area contributed by atoms with Crippen LogP contribution >= 0.6 is 11.8 Å². The first-order valence-electron chi connectivity index (χ1n) is 5.04. The lowest BCUT2D eigenvalue weighted by atomic mass is 10.2. The van der Waals surface area contributed by atoms with E-state index in [1.807, 2.05) is 4.40 Å². The molecule has 2 aromatic rings. The number of nitrogens with zero attached hydrogens (tertiary/aromatic N) is 4. The van der Waals surface area contributed by atoms with Gasteiger partial charge in [0.25, 0.3) is 0 Å². The normalized spacial score (nSPS) is 11.4. The Bertz CT molecular complexity index is 438. The summed E-state index contributed by atoms with van der Waals surface area (Å²) in [5.74, 6) is 1.80. The van der Waals surface area contributed by atoms with Crippen LogP contribution in [0.2, 0.25) is 0 Å². The molecule has 0 saturated heterocycles. The molecule has 0 spiro atoms. The van der Waals surface area contributed by atoms with Gasteiger partial charge in [-0.2, -0.15) is 5.10 Å². The van der Waals surface area contributed by atoms with Crippen LogP contribution in [0.25, 0.3) is 5.52 Å². The van der Waals surface area contributed by atoms with Crippen LogP contribution in [-0.2, 0) is 0 Å². The average molecular weight is 222 g/mol. The van der Waals surface area contributed by atoms with Crippen molar-refractivity contribution in [3.8, 4) is 0 Å². The fourth-order valence-electron chi connectivity index (χ4n) is 1.23. The highest BCUT2D eigenvalue weighted by Crippen LogP contribution is 2.18. The van der Waals surface area contributed by atoms with Gasteiger partial charge in [0.05, 0.1) is 17.9 Å². The summed E-state index contributed by atoms with van der Waals surface area (Å²) in [6.07, 6.45) is 6.49. The van der Waals surface area contributed by atoms with Gasteiger partial charge in [-0.3, -0.25) is 4.40 Å². The van der Waals surface area contributed by atoms with Gasteiger partial charge >= 0.3 is 0 Å². The van der Waals surface area contributed by atoms with Crippen LogP contribution in [0, 0.1) is 5.92 Å². The monoisotopic (exact) mass is 222 g/mol. The molecule has 0 N–H and O–H groups in total. The molecule has 0 aliphatic carbocycles. The summed E-state index contributed by atoms with van der Waals surface area (Å²) in [4.78, 5) is 4.07. The van der Waals surface area contributed by atoms with E-state index < -0.39 is 0 Å². The van der Waals surface area contributed by atoms with Gasteiger partial charge in [-0.25, -0.2) is 4.98 Å². The van der Waals surface area contributed by atoms with E-state index in [1.165, 1.54) is 6.42 Å². The van der Waals surface area contributed by atoms with Crippen LogP contribution < -0.4 is 0 Å². The Balaban J connectivity index is 2.10. The van der Waals surface area contributed by atoms with Crippen molar-refractivity contribution in [2.75, 3.05) is 5.75 Å². The van der Waals surface area contributed by atoms with Crippen LogP contribution in [-0.4, -0.2) is 25.3 Å². The van der Waals surface area contributed by atoms with Crippen LogP contribution in [0.5, 0.6) is 0 Å². The molecule has 0 aliphatic heterocycles. The van der Waals surface area contributed by atoms with Crippen molar-refractivity contribution in [3.63, 3.8) is 0 Å². The van der Waals surface area contributed by atoms with Gasteiger partial charge in [-0.05, 0) is 12.3 Å². The third-order valence-electron chi connectivity index (χ3n) is 2.13. The minimum atomic E-state index is 0.729. The molecule has 5 heteroatoms. The lowest BCUT2D eigenvalue weighted by molar-refractivity contribution is 0.631. The van der Waals surface area contributed by atoms with Gasteiger partial charge in [-0.15, -0.1) is 5.10 Å². The fourth-order valence-corrected chi connectivity index (χ4v) is 2.40. The summed E-state index contributed by atoms with van der Waals surface area (Å²) in [5.41, 5.74) is 0.997. The highest BCUT2D eigenvalue weighted by molar-refractivity contribution is 7.99. The first kappa shape index (κ1) is 10.4. The number of fused-ring (bicyclic) bond motifs is 1. The molecular formula is C10H14N4S. The number of hydrogen-bond acceptors (Lipinski definition) is 4. The molecule has 2 heterocycles. The number of rotatable bonds is 4. The molecule has 0 bridgehead atoms. The first-order valence-corrected chi connectivity index (χ1v) is 6.02. The van der Waals surface area contributed by atoms with Crippen molar-refractivity contribution in [1.82, 2.24) is 19.6 Å². The zero-order valence-electron chi connectivity index (χ0n) is 8.92. The predicted molar refractivity (Wildman–Crippen MR) is 61.0 cm³/mol. The third-order valence-corrected chi connectivity index (χ3v) is 3.11. The fraction of sp³-hybridized carbons (Fsp3) is 0.500. The molecule has 2 aromatic heterocycles. The molecule has 0 radical (unpaired) electrons. The maximum Gasteiger partial charge on any atom is 0.195 e. The molecule has 2 rings (SSSR count). The van der Waals surface area contributed by atoms with E-state index >= 15 is 0 Å². The van der Waals surface area contributed by atoms with E-state index in [0.717, 1.165) is 22.3 Å². The molecule has 0 aromatic carbocycles. The number of imidazole rings is 1. The summed E-state index contributed by atoms with van der Waals surface area (Å²) in [7, 11) is 0. The highest BCUT2D eigenvalue weighted by atomic mass is 32.2. The molecule has 0 aliphatic rings. The van der Waals surface area contributed by atoms with Crippen LogP contribution in [0.15, 0.2) is 23.9 Å². The summed E-state index contributed by atoms with van der Waals surface area (Å²) in [6, 6.07) is 0. The Hall–Kier alpha value is -1.10. The van der Waals surface area contributed by atoms with Crippen molar-refractivity contribution in [2.45, 2.75) is 25.4 Å². The van der Waals surface area contributed by atoms with Crippen molar-refractivity contribution in [2.24, 2.45) is 5.92 Å². The number of thioether (sulfide) groups is 1. The van der Waals surface area contributed by atoms with Crippen molar-refractivity contribution in [1.29, 1.82) is 0 Å². The lowest BCUT2D eigenvalue weighted by Gasteiger charge is -2.04. The third kappa shape index (κ3) is 2.47. The largest absolute Gasteiger partial charge is 0.275 e. The Morgan fingerprint density at radius 1 is 1.40 bits per heavy atom. The molecule has 0 fully saturated rings. The first-order chi connectivity index (χ1) is 7.27. The minimum absolute atomic E-state index is 0.729. The standard InChI is InChI=1S/C10H14N4S/c1-8(2)3-4-15-10-13-12-6-9-5-11-7-14(9)10/h5-8H,3-4H2,1-2H3. The summed E-state index contributed by atoms with van der Waals surface area (Å²) in [5, 5.41) is 8.98. The molecule has 4 nitrogen and oxygen atoms in total. The van der Waals surface area contributed by atoms with Crippen LogP contribution in [0.4, 0.5) is 0 Å². The Morgan fingerprint density at radius 3 is 3.07 bits per heavy atom. The lowest BCUT2D eigenvalue weighted by Crippen LogP contribution is -1.97. The van der Waals surface area contributed by atoms with Crippen LogP contribution in [0.3, 0.4) is 0 Å². The van der Waals surface area contributed by atoms with Gasteiger partial charge < -0.3 is 0 Å². The summed E-state index contributed by atoms with van der Waals surface area (Å²) >= 11 is 1.73. The maximum atomic E-state index is 4.11. The molecular weight excluding hydrogens is 208 g/mol. The molecule has 80 valence electrons. The minimum Gasteiger partial charge on any atom is -0.275 e. The Morgan fingerprint density at radius 2 is 2.27 bits per heavy atom. The number of aromatic nitrogens is 4. The Kier molecular flexibility index (Phi) is 3.20. The van der Waals surface area contributed by atoms with Gasteiger partial charge in [0.2, 0.25) is 0 Å². The quantitative estimate of drug-likeness (QED) is 0.744. The predicted octanol–water partition coefficient (Wildman–Crippen LogP) is 2.26. The second-order valence-corrected chi connectivity index (χ2v) is 4.91. The average Bonchev–Trinajstić information content (AvgIpc) is 2.65. The molecule has 15 heavy (non-hydrogen) atoms. The topological polar surface area (TPSA) is 43.1 Å². The van der Waals surface area contributed by atoms with Gasteiger partial charge in [0, 0.05) is 5.75 Å².